The lowest BCUT2D eigenvalue weighted by Crippen LogP contribution is -2.00. The second kappa shape index (κ2) is 14.7. The van der Waals surface area contributed by atoms with Crippen LogP contribution in [-0.2, 0) is 0 Å². The van der Waals surface area contributed by atoms with Crippen molar-refractivity contribution in [3.8, 4) is 73.2 Å². The third-order valence-electron chi connectivity index (χ3n) is 11.9. The van der Waals surface area contributed by atoms with Crippen LogP contribution in [0.2, 0.25) is 0 Å². The first-order valence-corrected chi connectivity index (χ1v) is 20.8. The summed E-state index contributed by atoms with van der Waals surface area (Å²) in [5.41, 5.74) is 14.4. The van der Waals surface area contributed by atoms with E-state index < -0.39 is 0 Å². The van der Waals surface area contributed by atoms with E-state index in [2.05, 4.69) is 211 Å². The number of rotatable bonds is 7. The summed E-state index contributed by atoms with van der Waals surface area (Å²) >= 11 is 0. The fourth-order valence-corrected chi connectivity index (χ4v) is 8.84. The number of nitrogens with zero attached hydrogens (tertiary/aromatic N) is 4. The first kappa shape index (κ1) is 35.5. The molecule has 0 aliphatic rings. The van der Waals surface area contributed by atoms with Crippen LogP contribution < -0.4 is 0 Å². The molecule has 0 bridgehead atoms. The maximum atomic E-state index is 6.94. The summed E-state index contributed by atoms with van der Waals surface area (Å²) in [6, 6.07) is 76.2. The SMILES string of the molecule is c1ccc(-c2ccc(-n3c4ccccc4c4c5oc6cc(-c7nc(-c8cccc(-c9ccccc9)c8)nc(-c8cccc(-c9ccccc9)c8)n7)ccc6c5ccc43)cc2)cc1. The molecule has 5 nitrogen and oxygen atoms in total. The summed E-state index contributed by atoms with van der Waals surface area (Å²) in [5.74, 6) is 1.77. The summed E-state index contributed by atoms with van der Waals surface area (Å²) in [5, 5.41) is 4.33. The molecule has 0 aliphatic carbocycles. The van der Waals surface area contributed by atoms with Crippen molar-refractivity contribution in [1.29, 1.82) is 0 Å². The van der Waals surface area contributed by atoms with E-state index in [1.54, 1.807) is 0 Å². The van der Waals surface area contributed by atoms with Crippen molar-refractivity contribution in [2.75, 3.05) is 0 Å². The van der Waals surface area contributed by atoms with Gasteiger partial charge in [-0.1, -0.05) is 164 Å². The zero-order chi connectivity index (χ0) is 41.0. The fraction of sp³-hybridized carbons (Fsp3) is 0. The predicted octanol–water partition coefficient (Wildman–Crippen LogP) is 14.9. The highest BCUT2D eigenvalue weighted by Crippen LogP contribution is 2.42. The van der Waals surface area contributed by atoms with Crippen LogP contribution >= 0.6 is 0 Å². The molecule has 290 valence electrons. The lowest BCUT2D eigenvalue weighted by atomic mass is 10.0. The Morgan fingerprint density at radius 1 is 0.306 bits per heavy atom. The normalized spacial score (nSPS) is 11.5. The van der Waals surface area contributed by atoms with Crippen LogP contribution in [-0.4, -0.2) is 19.5 Å². The Balaban J connectivity index is 1.01. The van der Waals surface area contributed by atoms with Crippen molar-refractivity contribution in [1.82, 2.24) is 19.5 Å². The molecule has 0 atom stereocenters. The Hall–Kier alpha value is -8.41. The lowest BCUT2D eigenvalue weighted by molar-refractivity contribution is 0.673. The molecule has 0 radical (unpaired) electrons. The average molecular weight is 793 g/mol. The third-order valence-corrected chi connectivity index (χ3v) is 11.9. The zero-order valence-corrected chi connectivity index (χ0v) is 33.5. The Bertz CT molecular complexity index is 3510. The van der Waals surface area contributed by atoms with E-state index in [0.29, 0.717) is 17.5 Å². The van der Waals surface area contributed by atoms with Crippen LogP contribution in [0, 0.1) is 0 Å². The number of furan rings is 1. The van der Waals surface area contributed by atoms with E-state index in [4.69, 9.17) is 19.4 Å². The standard InChI is InChI=1S/C57H36N4O/c1-4-14-37(15-5-1)40-26-29-46(30-27-40)61-50-25-11-10-24-49(50)53-51(61)33-32-48-47-31-28-45(36-52(47)62-54(48)53)57-59-55(43-22-12-20-41(34-43)38-16-6-2-7-17-38)58-56(60-57)44-23-13-21-42(35-44)39-18-8-3-9-19-39/h1-36H. The van der Waals surface area contributed by atoms with E-state index >= 15 is 0 Å². The molecule has 5 heteroatoms. The highest BCUT2D eigenvalue weighted by molar-refractivity contribution is 6.24. The Morgan fingerprint density at radius 2 is 0.758 bits per heavy atom. The Labute approximate surface area is 357 Å². The summed E-state index contributed by atoms with van der Waals surface area (Å²) in [6.07, 6.45) is 0. The van der Waals surface area contributed by atoms with E-state index in [1.807, 2.05) is 12.1 Å². The van der Waals surface area contributed by atoms with Crippen LogP contribution in [0.25, 0.3) is 117 Å². The minimum atomic E-state index is 0.572. The van der Waals surface area contributed by atoms with Crippen molar-refractivity contribution in [2.24, 2.45) is 0 Å². The van der Waals surface area contributed by atoms with Crippen LogP contribution in [0.1, 0.15) is 0 Å². The van der Waals surface area contributed by atoms with Crippen molar-refractivity contribution >= 4 is 43.7 Å². The molecule has 0 saturated carbocycles. The second-order valence-corrected chi connectivity index (χ2v) is 15.6. The first-order chi connectivity index (χ1) is 30.7. The van der Waals surface area contributed by atoms with Crippen molar-refractivity contribution < 1.29 is 4.42 Å². The number of hydrogen-bond acceptors (Lipinski definition) is 4. The molecule has 62 heavy (non-hydrogen) atoms. The fourth-order valence-electron chi connectivity index (χ4n) is 8.84. The van der Waals surface area contributed by atoms with Gasteiger partial charge in [0.1, 0.15) is 11.2 Å². The zero-order valence-electron chi connectivity index (χ0n) is 33.5. The van der Waals surface area contributed by atoms with Crippen molar-refractivity contribution in [3.63, 3.8) is 0 Å². The lowest BCUT2D eigenvalue weighted by Gasteiger charge is -2.10. The smallest absolute Gasteiger partial charge is 0.164 e. The molecule has 9 aromatic carbocycles. The minimum Gasteiger partial charge on any atom is -0.455 e. The highest BCUT2D eigenvalue weighted by Gasteiger charge is 2.20. The molecule has 12 rings (SSSR count). The number of fused-ring (bicyclic) bond motifs is 7. The predicted molar refractivity (Wildman–Crippen MR) is 254 cm³/mol. The summed E-state index contributed by atoms with van der Waals surface area (Å²) in [4.78, 5) is 15.5. The molecule has 0 N–H and O–H groups in total. The Morgan fingerprint density at radius 3 is 1.35 bits per heavy atom. The van der Waals surface area contributed by atoms with Crippen LogP contribution in [0.3, 0.4) is 0 Å². The number of aromatic nitrogens is 4. The third kappa shape index (κ3) is 6.14. The minimum absolute atomic E-state index is 0.572. The van der Waals surface area contributed by atoms with Gasteiger partial charge in [0, 0.05) is 38.5 Å². The van der Waals surface area contributed by atoms with Gasteiger partial charge in [0.2, 0.25) is 0 Å². The van der Waals surface area contributed by atoms with Gasteiger partial charge in [-0.3, -0.25) is 0 Å². The summed E-state index contributed by atoms with van der Waals surface area (Å²) < 4.78 is 9.28. The van der Waals surface area contributed by atoms with Gasteiger partial charge in [0.05, 0.1) is 16.4 Å². The molecule has 0 aliphatic heterocycles. The van der Waals surface area contributed by atoms with Gasteiger partial charge in [-0.05, 0) is 88.0 Å². The summed E-state index contributed by atoms with van der Waals surface area (Å²) in [6.45, 7) is 0. The number of hydrogen-bond donors (Lipinski definition) is 0. The maximum Gasteiger partial charge on any atom is 0.164 e. The van der Waals surface area contributed by atoms with Crippen molar-refractivity contribution in [3.05, 3.63) is 218 Å². The van der Waals surface area contributed by atoms with Gasteiger partial charge in [-0.25, -0.2) is 15.0 Å². The monoisotopic (exact) mass is 792 g/mol. The largest absolute Gasteiger partial charge is 0.455 e. The molecule has 0 unspecified atom stereocenters. The van der Waals surface area contributed by atoms with E-state index in [0.717, 1.165) is 88.4 Å². The van der Waals surface area contributed by atoms with Crippen LogP contribution in [0.5, 0.6) is 0 Å². The van der Waals surface area contributed by atoms with Crippen LogP contribution in [0.4, 0.5) is 0 Å². The molecule has 0 amide bonds. The second-order valence-electron chi connectivity index (χ2n) is 15.6. The molecule has 3 aromatic heterocycles. The van der Waals surface area contributed by atoms with Gasteiger partial charge >= 0.3 is 0 Å². The molecule has 12 aromatic rings. The topological polar surface area (TPSA) is 56.7 Å². The quantitative estimate of drug-likeness (QED) is 0.161. The summed E-state index contributed by atoms with van der Waals surface area (Å²) in [7, 11) is 0. The molecule has 0 saturated heterocycles. The first-order valence-electron chi connectivity index (χ1n) is 20.8. The molecular weight excluding hydrogens is 757 g/mol. The van der Waals surface area contributed by atoms with Gasteiger partial charge in [-0.2, -0.15) is 0 Å². The van der Waals surface area contributed by atoms with Crippen LogP contribution in [0.15, 0.2) is 223 Å². The van der Waals surface area contributed by atoms with E-state index in [1.165, 1.54) is 11.1 Å². The van der Waals surface area contributed by atoms with E-state index in [-0.39, 0.29) is 0 Å². The molecular formula is C57H36N4O. The number of para-hydroxylation sites is 1. The van der Waals surface area contributed by atoms with Gasteiger partial charge in [0.15, 0.2) is 17.5 Å². The van der Waals surface area contributed by atoms with E-state index in [9.17, 15) is 0 Å². The molecule has 0 fully saturated rings. The molecule has 3 heterocycles. The molecule has 0 spiro atoms. The van der Waals surface area contributed by atoms with Gasteiger partial charge < -0.3 is 8.98 Å². The number of benzene rings is 9. The highest BCUT2D eigenvalue weighted by atomic mass is 16.3. The van der Waals surface area contributed by atoms with Gasteiger partial charge in [0.25, 0.3) is 0 Å². The average Bonchev–Trinajstić information content (AvgIpc) is 3.90. The van der Waals surface area contributed by atoms with Gasteiger partial charge in [-0.15, -0.1) is 0 Å². The Kier molecular flexibility index (Phi) is 8.42. The van der Waals surface area contributed by atoms with Crippen molar-refractivity contribution in [2.45, 2.75) is 0 Å². The maximum absolute atomic E-state index is 6.94.